The van der Waals surface area contributed by atoms with Gasteiger partial charge in [-0.25, -0.2) is 13.4 Å². The van der Waals surface area contributed by atoms with E-state index in [4.69, 9.17) is 4.98 Å². The van der Waals surface area contributed by atoms with Crippen LogP contribution < -0.4 is 0 Å². The third-order valence-electron chi connectivity index (χ3n) is 5.22. The smallest absolute Gasteiger partial charge is 0.152 e. The van der Waals surface area contributed by atoms with Crippen molar-refractivity contribution in [1.29, 1.82) is 0 Å². The lowest BCUT2D eigenvalue weighted by Crippen LogP contribution is -2.14. The first-order chi connectivity index (χ1) is 11.1. The van der Waals surface area contributed by atoms with E-state index < -0.39 is 9.84 Å². The van der Waals surface area contributed by atoms with Crippen molar-refractivity contribution in [3.63, 3.8) is 0 Å². The Hall–Kier alpha value is -1.62. The van der Waals surface area contributed by atoms with Crippen LogP contribution in [0.15, 0.2) is 36.7 Å². The van der Waals surface area contributed by atoms with E-state index in [-0.39, 0.29) is 11.8 Å². The van der Waals surface area contributed by atoms with Crippen LogP contribution in [0.3, 0.4) is 0 Å². The van der Waals surface area contributed by atoms with E-state index >= 15 is 0 Å². The van der Waals surface area contributed by atoms with Gasteiger partial charge in [0.1, 0.15) is 0 Å². The van der Waals surface area contributed by atoms with Gasteiger partial charge in [0.25, 0.3) is 0 Å². The maximum atomic E-state index is 11.9. The highest BCUT2D eigenvalue weighted by Crippen LogP contribution is 2.41. The topological polar surface area (TPSA) is 52.0 Å². The van der Waals surface area contributed by atoms with Crippen molar-refractivity contribution in [2.75, 3.05) is 11.5 Å². The summed E-state index contributed by atoms with van der Waals surface area (Å²) >= 11 is 0. The minimum atomic E-state index is -2.89. The summed E-state index contributed by atoms with van der Waals surface area (Å²) in [7, 11) is -2.89. The first kappa shape index (κ1) is 14.9. The number of imidazole rings is 1. The van der Waals surface area contributed by atoms with Crippen LogP contribution in [0.1, 0.15) is 49.8 Å². The SMILES string of the molecule is O=S1(=O)CCC(n2cnc(-c3ccccc3)c2C2CCCC2)C1. The second-order valence-electron chi connectivity index (χ2n) is 6.79. The van der Waals surface area contributed by atoms with Crippen LogP contribution in [-0.4, -0.2) is 29.5 Å². The summed E-state index contributed by atoms with van der Waals surface area (Å²) < 4.78 is 26.0. The first-order valence-electron chi connectivity index (χ1n) is 8.46. The van der Waals surface area contributed by atoms with Gasteiger partial charge >= 0.3 is 0 Å². The molecule has 1 aliphatic carbocycles. The molecule has 2 aliphatic rings. The number of hydrogen-bond acceptors (Lipinski definition) is 3. The molecular formula is C18H22N2O2S. The van der Waals surface area contributed by atoms with Crippen LogP contribution in [0.4, 0.5) is 0 Å². The second kappa shape index (κ2) is 5.78. The maximum absolute atomic E-state index is 11.9. The Labute approximate surface area is 137 Å². The van der Waals surface area contributed by atoms with Gasteiger partial charge in [0.05, 0.1) is 23.5 Å². The Balaban J connectivity index is 1.79. The lowest BCUT2D eigenvalue weighted by atomic mass is 9.97. The maximum Gasteiger partial charge on any atom is 0.152 e. The zero-order chi connectivity index (χ0) is 15.9. The van der Waals surface area contributed by atoms with Gasteiger partial charge in [0.15, 0.2) is 9.84 Å². The van der Waals surface area contributed by atoms with E-state index in [1.165, 1.54) is 31.4 Å². The molecule has 23 heavy (non-hydrogen) atoms. The molecule has 0 bridgehead atoms. The van der Waals surface area contributed by atoms with Crippen molar-refractivity contribution in [3.05, 3.63) is 42.4 Å². The van der Waals surface area contributed by atoms with Gasteiger partial charge in [-0.05, 0) is 19.3 Å². The molecule has 0 N–H and O–H groups in total. The van der Waals surface area contributed by atoms with Crippen LogP contribution in [0, 0.1) is 0 Å². The van der Waals surface area contributed by atoms with Crippen molar-refractivity contribution in [2.45, 2.75) is 44.1 Å². The predicted molar refractivity (Wildman–Crippen MR) is 91.2 cm³/mol. The monoisotopic (exact) mass is 330 g/mol. The van der Waals surface area contributed by atoms with E-state index in [0.717, 1.165) is 11.3 Å². The summed E-state index contributed by atoms with van der Waals surface area (Å²) in [5.41, 5.74) is 3.44. The second-order valence-corrected chi connectivity index (χ2v) is 9.02. The summed E-state index contributed by atoms with van der Waals surface area (Å²) in [6.45, 7) is 0. The van der Waals surface area contributed by atoms with E-state index in [1.54, 1.807) is 0 Å². The normalized spacial score (nSPS) is 24.3. The fraction of sp³-hybridized carbons (Fsp3) is 0.500. The zero-order valence-electron chi connectivity index (χ0n) is 13.2. The van der Waals surface area contributed by atoms with E-state index in [9.17, 15) is 8.42 Å². The summed E-state index contributed by atoms with van der Waals surface area (Å²) in [6, 6.07) is 10.3. The minimum absolute atomic E-state index is 0.0561. The molecule has 1 aromatic carbocycles. The molecule has 2 heterocycles. The van der Waals surface area contributed by atoms with Gasteiger partial charge in [-0.2, -0.15) is 0 Å². The van der Waals surface area contributed by atoms with Crippen molar-refractivity contribution < 1.29 is 8.42 Å². The summed E-state index contributed by atoms with van der Waals surface area (Å²) in [5, 5.41) is 0. The molecule has 5 heteroatoms. The van der Waals surface area contributed by atoms with Crippen LogP contribution in [0.2, 0.25) is 0 Å². The van der Waals surface area contributed by atoms with Crippen molar-refractivity contribution in [3.8, 4) is 11.3 Å². The summed E-state index contributed by atoms with van der Waals surface area (Å²) in [5.74, 6) is 1.08. The Bertz CT molecular complexity index is 790. The van der Waals surface area contributed by atoms with Crippen LogP contribution in [0.5, 0.6) is 0 Å². The Kier molecular flexibility index (Phi) is 3.76. The fourth-order valence-corrected chi connectivity index (χ4v) is 5.79. The molecule has 0 radical (unpaired) electrons. The lowest BCUT2D eigenvalue weighted by molar-refractivity contribution is 0.512. The van der Waals surface area contributed by atoms with Gasteiger partial charge in [-0.3, -0.25) is 0 Å². The Morgan fingerprint density at radius 1 is 1.04 bits per heavy atom. The first-order valence-corrected chi connectivity index (χ1v) is 10.3. The molecule has 0 spiro atoms. The van der Waals surface area contributed by atoms with Crippen LogP contribution in [0.25, 0.3) is 11.3 Å². The highest BCUT2D eigenvalue weighted by atomic mass is 32.2. The Morgan fingerprint density at radius 3 is 2.43 bits per heavy atom. The van der Waals surface area contributed by atoms with Crippen LogP contribution in [-0.2, 0) is 9.84 Å². The fourth-order valence-electron chi connectivity index (χ4n) is 4.08. The highest BCUT2D eigenvalue weighted by Gasteiger charge is 2.33. The number of benzene rings is 1. The molecule has 1 aliphatic heterocycles. The van der Waals surface area contributed by atoms with Crippen molar-refractivity contribution >= 4 is 9.84 Å². The third-order valence-corrected chi connectivity index (χ3v) is 6.97. The van der Waals surface area contributed by atoms with Gasteiger partial charge < -0.3 is 4.57 Å². The summed E-state index contributed by atoms with van der Waals surface area (Å²) in [6.07, 6.45) is 7.48. The number of sulfone groups is 1. The van der Waals surface area contributed by atoms with Gasteiger partial charge in [0.2, 0.25) is 0 Å². The zero-order valence-corrected chi connectivity index (χ0v) is 14.0. The molecular weight excluding hydrogens is 308 g/mol. The number of hydrogen-bond donors (Lipinski definition) is 0. The van der Waals surface area contributed by atoms with Crippen molar-refractivity contribution in [2.24, 2.45) is 0 Å². The molecule has 2 aromatic rings. The molecule has 1 atom stereocenters. The average Bonchev–Trinajstić information content (AvgIpc) is 3.25. The molecule has 0 amide bonds. The average molecular weight is 330 g/mol. The summed E-state index contributed by atoms with van der Waals surface area (Å²) in [4.78, 5) is 4.69. The lowest BCUT2D eigenvalue weighted by Gasteiger charge is -2.19. The molecule has 1 unspecified atom stereocenters. The molecule has 1 saturated carbocycles. The molecule has 4 nitrogen and oxygen atoms in total. The van der Waals surface area contributed by atoms with Crippen molar-refractivity contribution in [1.82, 2.24) is 9.55 Å². The van der Waals surface area contributed by atoms with Gasteiger partial charge in [-0.1, -0.05) is 43.2 Å². The molecule has 2 fully saturated rings. The highest BCUT2D eigenvalue weighted by molar-refractivity contribution is 7.91. The van der Waals surface area contributed by atoms with Gasteiger partial charge in [0, 0.05) is 23.2 Å². The minimum Gasteiger partial charge on any atom is -0.330 e. The molecule has 1 aromatic heterocycles. The third kappa shape index (κ3) is 2.82. The molecule has 4 rings (SSSR count). The molecule has 1 saturated heterocycles. The quantitative estimate of drug-likeness (QED) is 0.864. The van der Waals surface area contributed by atoms with E-state index in [1.807, 2.05) is 24.5 Å². The predicted octanol–water partition coefficient (Wildman–Crippen LogP) is 3.57. The van der Waals surface area contributed by atoms with Gasteiger partial charge in [-0.15, -0.1) is 0 Å². The standard InChI is InChI=1S/C18H22N2O2S/c21-23(22)11-10-16(12-23)20-13-19-17(14-6-2-1-3-7-14)18(20)15-8-4-5-9-15/h1-3,6-7,13,15-16H,4-5,8-12H2. The van der Waals surface area contributed by atoms with E-state index in [2.05, 4.69) is 16.7 Å². The number of rotatable bonds is 3. The van der Waals surface area contributed by atoms with Crippen LogP contribution >= 0.6 is 0 Å². The number of nitrogens with zero attached hydrogens (tertiary/aromatic N) is 2. The Morgan fingerprint density at radius 2 is 1.78 bits per heavy atom. The number of aromatic nitrogens is 2. The molecule has 122 valence electrons. The van der Waals surface area contributed by atoms with E-state index in [0.29, 0.717) is 18.1 Å². The largest absolute Gasteiger partial charge is 0.330 e.